The number of aromatic nitrogens is 7. The van der Waals surface area contributed by atoms with Crippen LogP contribution >= 0.6 is 0 Å². The number of fused-ring (bicyclic) bond motifs is 7. The van der Waals surface area contributed by atoms with Crippen LogP contribution in [-0.2, 0) is 0 Å². The highest BCUT2D eigenvalue weighted by Crippen LogP contribution is 2.41. The molecule has 0 saturated heterocycles. The lowest BCUT2D eigenvalue weighted by Gasteiger charge is -2.11. The third kappa shape index (κ3) is 5.29. The fourth-order valence-electron chi connectivity index (χ4n) is 8.83. The van der Waals surface area contributed by atoms with Crippen molar-refractivity contribution < 1.29 is 0 Å². The van der Waals surface area contributed by atoms with E-state index in [1.54, 1.807) is 0 Å². The van der Waals surface area contributed by atoms with Crippen LogP contribution in [0.4, 0.5) is 0 Å². The quantitative estimate of drug-likeness (QED) is 0.183. The maximum Gasteiger partial charge on any atom is 0.147 e. The summed E-state index contributed by atoms with van der Waals surface area (Å²) in [4.78, 5) is 22.8. The van der Waals surface area contributed by atoms with E-state index < -0.39 is 0 Å². The Morgan fingerprint density at radius 1 is 0.407 bits per heavy atom. The zero-order valence-electron chi connectivity index (χ0n) is 31.7. The van der Waals surface area contributed by atoms with Crippen LogP contribution in [-0.4, -0.2) is 34.1 Å². The molecule has 0 aliphatic rings. The van der Waals surface area contributed by atoms with Gasteiger partial charge in [0.05, 0.1) is 27.6 Å². The lowest BCUT2D eigenvalue weighted by atomic mass is 10.0. The number of aromatic amines is 1. The maximum atomic E-state index is 5.56. The van der Waals surface area contributed by atoms with E-state index in [1.165, 1.54) is 10.8 Å². The number of pyridine rings is 3. The van der Waals surface area contributed by atoms with Gasteiger partial charge in [0.15, 0.2) is 0 Å². The van der Waals surface area contributed by atoms with Crippen molar-refractivity contribution >= 4 is 54.6 Å². The number of para-hydroxylation sites is 4. The van der Waals surface area contributed by atoms with Crippen LogP contribution < -0.4 is 0 Å². The van der Waals surface area contributed by atoms with Crippen molar-refractivity contribution in [2.45, 2.75) is 0 Å². The summed E-state index contributed by atoms with van der Waals surface area (Å²) in [5.74, 6) is 1.72. The van der Waals surface area contributed by atoms with Crippen molar-refractivity contribution in [2.24, 2.45) is 0 Å². The molecule has 0 saturated carbocycles. The molecule has 6 aromatic heterocycles. The van der Waals surface area contributed by atoms with Gasteiger partial charge in [-0.2, -0.15) is 0 Å². The number of nitrogens with zero attached hydrogens (tertiary/aromatic N) is 6. The molecule has 1 N–H and O–H groups in total. The van der Waals surface area contributed by atoms with E-state index in [0.29, 0.717) is 0 Å². The molecule has 12 aromatic rings. The normalized spacial score (nSPS) is 11.7. The molecule has 7 nitrogen and oxygen atoms in total. The van der Waals surface area contributed by atoms with Gasteiger partial charge in [-0.25, -0.2) is 9.97 Å². The third-order valence-electron chi connectivity index (χ3n) is 11.6. The summed E-state index contributed by atoms with van der Waals surface area (Å²) in [5.41, 5.74) is 14.9. The van der Waals surface area contributed by atoms with Gasteiger partial charge in [0.25, 0.3) is 0 Å². The van der Waals surface area contributed by atoms with Gasteiger partial charge in [-0.15, -0.1) is 0 Å². The molecule has 0 fully saturated rings. The average molecular weight is 756 g/mol. The molecular formula is C52H33N7. The summed E-state index contributed by atoms with van der Waals surface area (Å²) < 4.78 is 4.60. The summed E-state index contributed by atoms with van der Waals surface area (Å²) in [5, 5.41) is 4.68. The largest absolute Gasteiger partial charge is 0.354 e. The van der Waals surface area contributed by atoms with Crippen LogP contribution in [0.15, 0.2) is 195 Å². The number of hydrogen-bond acceptors (Lipinski definition) is 4. The molecule has 59 heavy (non-hydrogen) atoms. The zero-order valence-corrected chi connectivity index (χ0v) is 31.7. The summed E-state index contributed by atoms with van der Waals surface area (Å²) in [7, 11) is 0. The number of rotatable bonds is 6. The second kappa shape index (κ2) is 13.2. The molecule has 0 atom stereocenters. The van der Waals surface area contributed by atoms with E-state index in [4.69, 9.17) is 9.97 Å². The van der Waals surface area contributed by atoms with E-state index in [2.05, 4.69) is 176 Å². The minimum absolute atomic E-state index is 0.837. The van der Waals surface area contributed by atoms with Crippen molar-refractivity contribution in [2.75, 3.05) is 0 Å². The van der Waals surface area contributed by atoms with Gasteiger partial charge in [0.2, 0.25) is 0 Å². The molecule has 0 aliphatic heterocycles. The molecule has 0 spiro atoms. The molecule has 6 heterocycles. The Hall–Kier alpha value is -8.16. The first-order valence-corrected chi connectivity index (χ1v) is 19.7. The highest BCUT2D eigenvalue weighted by atomic mass is 15.1. The standard InChI is InChI=1S/C52H33N7/c1-2-8-38(9-3-1)58-46-15-7-11-39(51(46)57-52(58)44-13-6-12-43-40-10-4-5-14-45(40)56-50(43)44)37-17-19-42-41-18-16-35(33-20-25-53-26-21-33)30-47(41)59(48(42)31-37)49-32-36(24-29-55-49)34-22-27-54-28-23-34/h1-32,56H. The lowest BCUT2D eigenvalue weighted by molar-refractivity contribution is 1.08. The van der Waals surface area contributed by atoms with Crippen LogP contribution in [0.1, 0.15) is 0 Å². The highest BCUT2D eigenvalue weighted by molar-refractivity contribution is 6.13. The van der Waals surface area contributed by atoms with E-state index in [1.807, 2.05) is 43.1 Å². The van der Waals surface area contributed by atoms with Crippen LogP contribution in [0.2, 0.25) is 0 Å². The zero-order chi connectivity index (χ0) is 38.9. The lowest BCUT2D eigenvalue weighted by Crippen LogP contribution is -1.98. The van der Waals surface area contributed by atoms with Crippen LogP contribution in [0.25, 0.3) is 111 Å². The minimum Gasteiger partial charge on any atom is -0.354 e. The first kappa shape index (κ1) is 33.0. The van der Waals surface area contributed by atoms with Crippen LogP contribution in [0.5, 0.6) is 0 Å². The topological polar surface area (TPSA) is 77.2 Å². The number of H-pyrrole nitrogens is 1. The summed E-state index contributed by atoms with van der Waals surface area (Å²) in [6.07, 6.45) is 9.23. The van der Waals surface area contributed by atoms with Crippen molar-refractivity contribution in [1.82, 2.24) is 34.1 Å². The third-order valence-corrected chi connectivity index (χ3v) is 11.6. The average Bonchev–Trinajstić information content (AvgIpc) is 3.99. The molecule has 0 bridgehead atoms. The van der Waals surface area contributed by atoms with Crippen molar-refractivity contribution in [3.63, 3.8) is 0 Å². The Balaban J connectivity index is 1.11. The summed E-state index contributed by atoms with van der Waals surface area (Å²) >= 11 is 0. The van der Waals surface area contributed by atoms with Crippen molar-refractivity contribution in [1.29, 1.82) is 0 Å². The number of hydrogen-bond donors (Lipinski definition) is 1. The minimum atomic E-state index is 0.837. The van der Waals surface area contributed by atoms with E-state index >= 15 is 0 Å². The Kier molecular flexibility index (Phi) is 7.40. The molecule has 6 aromatic carbocycles. The Morgan fingerprint density at radius 3 is 1.81 bits per heavy atom. The molecule has 0 aliphatic carbocycles. The first-order chi connectivity index (χ1) is 29.3. The molecule has 12 rings (SSSR count). The number of nitrogens with one attached hydrogen (secondary N) is 1. The Morgan fingerprint density at radius 2 is 1.03 bits per heavy atom. The summed E-state index contributed by atoms with van der Waals surface area (Å²) in [6, 6.07) is 57.9. The van der Waals surface area contributed by atoms with Gasteiger partial charge in [0.1, 0.15) is 11.6 Å². The van der Waals surface area contributed by atoms with Crippen molar-refractivity contribution in [3.8, 4) is 56.3 Å². The molecule has 7 heteroatoms. The summed E-state index contributed by atoms with van der Waals surface area (Å²) in [6.45, 7) is 0. The van der Waals surface area contributed by atoms with E-state index in [0.717, 1.165) is 100 Å². The Bertz CT molecular complexity index is 3550. The van der Waals surface area contributed by atoms with Gasteiger partial charge < -0.3 is 4.98 Å². The molecular weight excluding hydrogens is 723 g/mol. The predicted octanol–water partition coefficient (Wildman–Crippen LogP) is 12.6. The highest BCUT2D eigenvalue weighted by Gasteiger charge is 2.22. The van der Waals surface area contributed by atoms with Gasteiger partial charge >= 0.3 is 0 Å². The van der Waals surface area contributed by atoms with E-state index in [-0.39, 0.29) is 0 Å². The van der Waals surface area contributed by atoms with Crippen LogP contribution in [0.3, 0.4) is 0 Å². The predicted molar refractivity (Wildman–Crippen MR) is 240 cm³/mol. The van der Waals surface area contributed by atoms with Gasteiger partial charge in [-0.1, -0.05) is 84.9 Å². The molecule has 0 unspecified atom stereocenters. The fourth-order valence-corrected chi connectivity index (χ4v) is 8.83. The van der Waals surface area contributed by atoms with Gasteiger partial charge in [0, 0.05) is 74.9 Å². The molecule has 276 valence electrons. The fraction of sp³-hybridized carbons (Fsp3) is 0. The Labute approximate surface area is 338 Å². The molecule has 0 radical (unpaired) electrons. The number of benzene rings is 6. The second-order valence-corrected chi connectivity index (χ2v) is 14.9. The first-order valence-electron chi connectivity index (χ1n) is 19.7. The van der Waals surface area contributed by atoms with Gasteiger partial charge in [-0.05, 0) is 107 Å². The van der Waals surface area contributed by atoms with Crippen molar-refractivity contribution in [3.05, 3.63) is 195 Å². The SMILES string of the molecule is c1ccc(-n2c(-c3cccc4c3[nH]c3ccccc34)nc3c(-c4ccc5c6ccc(-c7ccncc7)cc6n(-c6cc(-c7ccncc7)ccn6)c5c4)cccc32)cc1. The second-order valence-electron chi connectivity index (χ2n) is 14.9. The maximum absolute atomic E-state index is 5.56. The molecule has 0 amide bonds. The van der Waals surface area contributed by atoms with E-state index in [9.17, 15) is 0 Å². The monoisotopic (exact) mass is 755 g/mol. The smallest absolute Gasteiger partial charge is 0.147 e. The number of imidazole rings is 1. The van der Waals surface area contributed by atoms with Crippen LogP contribution in [0, 0.1) is 0 Å². The van der Waals surface area contributed by atoms with Gasteiger partial charge in [-0.3, -0.25) is 19.1 Å².